The number of nitrogens with two attached hydrogens (primary N) is 1. The summed E-state index contributed by atoms with van der Waals surface area (Å²) in [4.78, 5) is 59.1. The second-order valence-corrected chi connectivity index (χ2v) is 17.3. The standard InChI is InChI=1S/C53H53N5O9/c1-56(2)34-19-21-39-44(26-34)67-49-40(46(39)37-15-10-11-16-38(37)53(64)65)22-23-42(57(3)4)47(49)51(62)55-24-12-6-9-17-41-36-20-18-32(50(54)61)25-33(36)29-58(41)52(63)48-43(60)27-35(59)28-45(48)66-30-31-13-7-5-8-14-31/h5,7-8,10-11,13-16,18-23,25-28,34,41,59-60H,6,9,12,17,24,29-30H2,1-4H3,(H2,54,61)(H,55,62)(H,64,65). The van der Waals surface area contributed by atoms with E-state index in [9.17, 15) is 34.5 Å². The number of hydrogen-bond donors (Lipinski definition) is 5. The predicted octanol–water partition coefficient (Wildman–Crippen LogP) is 7.81. The summed E-state index contributed by atoms with van der Waals surface area (Å²) in [6, 6.07) is 26.9. The third-order valence-corrected chi connectivity index (χ3v) is 12.4. The van der Waals surface area contributed by atoms with Crippen LogP contribution in [-0.4, -0.2) is 89.6 Å². The van der Waals surface area contributed by atoms with Gasteiger partial charge in [-0.25, -0.2) is 4.79 Å². The summed E-state index contributed by atoms with van der Waals surface area (Å²) in [7, 11) is 7.60. The highest BCUT2D eigenvalue weighted by Gasteiger charge is 2.37. The van der Waals surface area contributed by atoms with Crippen LogP contribution in [0, 0.1) is 0 Å². The number of anilines is 1. The number of amides is 3. The lowest BCUT2D eigenvalue weighted by Crippen LogP contribution is -2.30. The van der Waals surface area contributed by atoms with Gasteiger partial charge in [0, 0.05) is 67.6 Å². The second-order valence-electron chi connectivity index (χ2n) is 17.3. The van der Waals surface area contributed by atoms with Crippen LogP contribution in [0.25, 0.3) is 5.57 Å². The number of ether oxygens (including phenoxy) is 2. The molecule has 67 heavy (non-hydrogen) atoms. The normalized spacial score (nSPS) is 15.8. The van der Waals surface area contributed by atoms with Crippen LogP contribution in [-0.2, 0) is 13.2 Å². The Labute approximate surface area is 388 Å². The lowest BCUT2D eigenvalue weighted by Gasteiger charge is -2.32. The molecular formula is C53H53N5O9. The molecule has 14 heteroatoms. The van der Waals surface area contributed by atoms with Gasteiger partial charge in [-0.15, -0.1) is 0 Å². The minimum atomic E-state index is -1.07. The largest absolute Gasteiger partial charge is 0.508 e. The molecule has 344 valence electrons. The minimum Gasteiger partial charge on any atom is -0.508 e. The van der Waals surface area contributed by atoms with Gasteiger partial charge in [0.15, 0.2) is 0 Å². The van der Waals surface area contributed by atoms with Gasteiger partial charge in [-0.1, -0.05) is 79.6 Å². The predicted molar refractivity (Wildman–Crippen MR) is 254 cm³/mol. The number of nitrogens with zero attached hydrogens (tertiary/aromatic N) is 3. The number of likely N-dealkylation sites (N-methyl/N-ethyl adjacent to an activating group) is 1. The summed E-state index contributed by atoms with van der Waals surface area (Å²) in [5.74, 6) is -2.32. The SMILES string of the molecule is CN(C)c1ccc2c(c1C(=O)NCCCCCC1c3ccc(C(N)=O)cc3CN1C(=O)c1c(O)cc(O)cc1OCc1ccccc1)OC1=CC(N(C)C)C=CC1=C2c1ccccc1C(=O)O. The topological polar surface area (TPSA) is 195 Å². The Kier molecular flexibility index (Phi) is 13.2. The molecule has 14 nitrogen and oxygen atoms in total. The van der Waals surface area contributed by atoms with Crippen LogP contribution in [0.3, 0.4) is 0 Å². The number of phenols is 2. The van der Waals surface area contributed by atoms with Crippen molar-refractivity contribution in [1.29, 1.82) is 0 Å². The van der Waals surface area contributed by atoms with Crippen molar-refractivity contribution in [3.63, 3.8) is 0 Å². The summed E-state index contributed by atoms with van der Waals surface area (Å²) in [5, 5.41) is 34.8. The number of fused-ring (bicyclic) bond motifs is 3. The van der Waals surface area contributed by atoms with Gasteiger partial charge in [0.1, 0.15) is 46.5 Å². The smallest absolute Gasteiger partial charge is 0.336 e. The maximum atomic E-state index is 14.5. The molecular weight excluding hydrogens is 851 g/mol. The van der Waals surface area contributed by atoms with Gasteiger partial charge >= 0.3 is 5.97 Å². The number of carboxylic acids is 1. The first-order valence-corrected chi connectivity index (χ1v) is 22.1. The number of aromatic carboxylic acids is 1. The van der Waals surface area contributed by atoms with E-state index in [4.69, 9.17) is 15.2 Å². The van der Waals surface area contributed by atoms with Gasteiger partial charge in [0.05, 0.1) is 17.3 Å². The molecule has 2 aliphatic heterocycles. The number of primary amides is 1. The number of carbonyl (C=O) groups is 4. The summed E-state index contributed by atoms with van der Waals surface area (Å²) in [6.07, 6.45) is 8.40. The molecule has 1 aliphatic carbocycles. The third kappa shape index (κ3) is 9.34. The number of carboxylic acid groups (broad SMARTS) is 1. The van der Waals surface area contributed by atoms with Crippen molar-refractivity contribution in [2.75, 3.05) is 39.6 Å². The number of hydrogen-bond acceptors (Lipinski definition) is 10. The number of aromatic hydroxyl groups is 2. The molecule has 0 bridgehead atoms. The fourth-order valence-corrected chi connectivity index (χ4v) is 9.03. The van der Waals surface area contributed by atoms with Gasteiger partial charge in [-0.2, -0.15) is 0 Å². The number of rotatable bonds is 16. The van der Waals surface area contributed by atoms with E-state index in [-0.39, 0.29) is 47.7 Å². The van der Waals surface area contributed by atoms with Gasteiger partial charge in [0.2, 0.25) is 5.91 Å². The minimum absolute atomic E-state index is 0.0277. The van der Waals surface area contributed by atoms with E-state index in [1.54, 1.807) is 41.3 Å². The highest BCUT2D eigenvalue weighted by molar-refractivity contribution is 6.07. The number of nitrogens with one attached hydrogen (secondary N) is 1. The van der Waals surface area contributed by atoms with E-state index < -0.39 is 29.6 Å². The average molecular weight is 904 g/mol. The van der Waals surface area contributed by atoms with E-state index in [0.717, 1.165) is 28.3 Å². The lowest BCUT2D eigenvalue weighted by atomic mass is 9.84. The Morgan fingerprint density at radius 1 is 0.866 bits per heavy atom. The van der Waals surface area contributed by atoms with Gasteiger partial charge in [-0.3, -0.25) is 19.3 Å². The Morgan fingerprint density at radius 3 is 2.36 bits per heavy atom. The third-order valence-electron chi connectivity index (χ3n) is 12.4. The van der Waals surface area contributed by atoms with E-state index in [2.05, 4.69) is 5.32 Å². The molecule has 0 saturated heterocycles. The van der Waals surface area contributed by atoms with Crippen LogP contribution in [0.15, 0.2) is 127 Å². The molecule has 0 saturated carbocycles. The fraction of sp³-hybridized carbons (Fsp3) is 0.245. The number of allylic oxidation sites excluding steroid dienone is 1. The summed E-state index contributed by atoms with van der Waals surface area (Å²) >= 11 is 0. The van der Waals surface area contributed by atoms with Gasteiger partial charge in [-0.05, 0) is 85.6 Å². The van der Waals surface area contributed by atoms with Crippen LogP contribution in [0.4, 0.5) is 5.69 Å². The van der Waals surface area contributed by atoms with Crippen molar-refractivity contribution in [2.45, 2.75) is 50.9 Å². The summed E-state index contributed by atoms with van der Waals surface area (Å²) < 4.78 is 12.7. The zero-order valence-electron chi connectivity index (χ0n) is 37.8. The summed E-state index contributed by atoms with van der Waals surface area (Å²) in [5.41, 5.74) is 11.8. The lowest BCUT2D eigenvalue weighted by molar-refractivity contribution is 0.0669. The molecule has 0 radical (unpaired) electrons. The highest BCUT2D eigenvalue weighted by atomic mass is 16.5. The Morgan fingerprint density at radius 2 is 1.63 bits per heavy atom. The monoisotopic (exact) mass is 903 g/mol. The maximum Gasteiger partial charge on any atom is 0.336 e. The molecule has 5 aromatic rings. The molecule has 0 fully saturated rings. The molecule has 8 rings (SSSR count). The van der Waals surface area contributed by atoms with Crippen LogP contribution in [0.2, 0.25) is 0 Å². The van der Waals surface area contributed by atoms with E-state index >= 15 is 0 Å². The Balaban J connectivity index is 1.01. The maximum absolute atomic E-state index is 14.5. The first-order chi connectivity index (χ1) is 32.2. The van der Waals surface area contributed by atoms with Crippen LogP contribution < -0.4 is 25.4 Å². The second kappa shape index (κ2) is 19.3. The van der Waals surface area contributed by atoms with Crippen molar-refractivity contribution >= 4 is 35.0 Å². The Bertz CT molecular complexity index is 2870. The van der Waals surface area contributed by atoms with Crippen molar-refractivity contribution in [3.8, 4) is 23.0 Å². The van der Waals surface area contributed by atoms with Gasteiger partial charge < -0.3 is 45.6 Å². The number of carbonyl (C=O) groups excluding carboxylic acids is 3. The quantitative estimate of drug-likeness (QED) is 0.0607. The van der Waals surface area contributed by atoms with Crippen LogP contribution in [0.5, 0.6) is 23.0 Å². The van der Waals surface area contributed by atoms with Crippen molar-refractivity contribution < 1.29 is 44.0 Å². The molecule has 0 aromatic heterocycles. The highest BCUT2D eigenvalue weighted by Crippen LogP contribution is 2.48. The zero-order valence-corrected chi connectivity index (χ0v) is 37.8. The number of phenolic OH excluding ortho intramolecular Hbond substituents is 2. The molecule has 2 heterocycles. The summed E-state index contributed by atoms with van der Waals surface area (Å²) in [6.45, 7) is 0.569. The van der Waals surface area contributed by atoms with Crippen LogP contribution in [0.1, 0.15) is 101 Å². The fourth-order valence-electron chi connectivity index (χ4n) is 9.03. The number of benzene rings is 5. The van der Waals surface area contributed by atoms with Crippen molar-refractivity contribution in [1.82, 2.24) is 15.1 Å². The average Bonchev–Trinajstić information content (AvgIpc) is 3.68. The Hall–Kier alpha value is -7.84. The van der Waals surface area contributed by atoms with Crippen molar-refractivity contribution in [2.24, 2.45) is 5.73 Å². The molecule has 2 atom stereocenters. The molecule has 6 N–H and O–H groups in total. The number of unbranched alkanes of at least 4 members (excludes halogenated alkanes) is 2. The molecule has 0 spiro atoms. The molecule has 2 unspecified atom stereocenters. The molecule has 3 amide bonds. The molecule has 5 aromatic carbocycles. The van der Waals surface area contributed by atoms with Gasteiger partial charge in [0.25, 0.3) is 11.8 Å². The first-order valence-electron chi connectivity index (χ1n) is 22.1. The zero-order chi connectivity index (χ0) is 47.5. The van der Waals surface area contributed by atoms with E-state index in [1.165, 1.54) is 6.07 Å². The first kappa shape index (κ1) is 45.7. The van der Waals surface area contributed by atoms with E-state index in [0.29, 0.717) is 77.3 Å². The molecule has 3 aliphatic rings. The van der Waals surface area contributed by atoms with Crippen molar-refractivity contribution in [3.05, 3.63) is 177 Å². The van der Waals surface area contributed by atoms with E-state index in [1.807, 2.05) is 105 Å². The van der Waals surface area contributed by atoms with Crippen LogP contribution >= 0.6 is 0 Å².